The lowest BCUT2D eigenvalue weighted by Gasteiger charge is -2.17. The Morgan fingerprint density at radius 2 is 2.00 bits per heavy atom. The molecule has 0 N–H and O–H groups in total. The molecular weight excluding hydrogens is 282 g/mol. The van der Waals surface area contributed by atoms with Crippen LogP contribution in [0.2, 0.25) is 5.02 Å². The van der Waals surface area contributed by atoms with Crippen molar-refractivity contribution >= 4 is 32.4 Å². The fraction of sp³-hybridized carbons (Fsp3) is 0.400. The van der Waals surface area contributed by atoms with Crippen molar-refractivity contribution in [3.63, 3.8) is 0 Å². The summed E-state index contributed by atoms with van der Waals surface area (Å²) in [6.45, 7) is 0.118. The molecule has 0 bridgehead atoms. The summed E-state index contributed by atoms with van der Waals surface area (Å²) in [5.41, 5.74) is 0.586. The maximum Gasteiger partial charge on any atom is 0.211 e. The quantitative estimate of drug-likeness (QED) is 0.845. The minimum Gasteiger partial charge on any atom is -0.255 e. The molecule has 0 saturated carbocycles. The summed E-state index contributed by atoms with van der Waals surface area (Å²) in [5, 5.41) is 0.424. The first-order valence-electron chi connectivity index (χ1n) is 4.75. The van der Waals surface area contributed by atoms with Crippen LogP contribution in [0.3, 0.4) is 0 Å². The molecule has 1 atom stereocenters. The van der Waals surface area contributed by atoms with Crippen LogP contribution in [0.4, 0.5) is 0 Å². The molecule has 0 aliphatic heterocycles. The SMILES string of the molecule is CN(Cc1c(Cl)cccc1S(C)=O)S(C)(=O)=O. The third-order valence-electron chi connectivity index (χ3n) is 2.33. The molecule has 0 aliphatic rings. The van der Waals surface area contributed by atoms with Crippen LogP contribution in [-0.4, -0.2) is 36.5 Å². The summed E-state index contributed by atoms with van der Waals surface area (Å²) in [5.74, 6) is 0. The van der Waals surface area contributed by atoms with Gasteiger partial charge in [0.25, 0.3) is 0 Å². The minimum atomic E-state index is -3.28. The van der Waals surface area contributed by atoms with Crippen molar-refractivity contribution in [2.75, 3.05) is 19.6 Å². The van der Waals surface area contributed by atoms with E-state index in [1.54, 1.807) is 18.2 Å². The van der Waals surface area contributed by atoms with Gasteiger partial charge in [-0.05, 0) is 12.1 Å². The molecule has 0 spiro atoms. The van der Waals surface area contributed by atoms with Gasteiger partial charge in [0.1, 0.15) is 0 Å². The Hall–Kier alpha value is -0.430. The summed E-state index contributed by atoms with van der Waals surface area (Å²) in [6.07, 6.45) is 2.65. The van der Waals surface area contributed by atoms with Crippen LogP contribution >= 0.6 is 11.6 Å². The lowest BCUT2D eigenvalue weighted by Crippen LogP contribution is -2.25. The summed E-state index contributed by atoms with van der Waals surface area (Å²) in [6, 6.07) is 5.04. The van der Waals surface area contributed by atoms with E-state index in [0.29, 0.717) is 15.5 Å². The molecule has 0 aliphatic carbocycles. The smallest absolute Gasteiger partial charge is 0.211 e. The van der Waals surface area contributed by atoms with Gasteiger partial charge < -0.3 is 0 Å². The summed E-state index contributed by atoms with van der Waals surface area (Å²) in [4.78, 5) is 0.563. The van der Waals surface area contributed by atoms with Crippen molar-refractivity contribution < 1.29 is 12.6 Å². The van der Waals surface area contributed by atoms with Crippen LogP contribution in [0.5, 0.6) is 0 Å². The van der Waals surface area contributed by atoms with Gasteiger partial charge in [-0.1, -0.05) is 17.7 Å². The van der Waals surface area contributed by atoms with E-state index in [2.05, 4.69) is 0 Å². The number of rotatable bonds is 4. The van der Waals surface area contributed by atoms with E-state index in [4.69, 9.17) is 11.6 Å². The molecular formula is C10H14ClNO3S2. The van der Waals surface area contributed by atoms with Gasteiger partial charge in [-0.25, -0.2) is 12.7 Å². The monoisotopic (exact) mass is 295 g/mol. The molecule has 17 heavy (non-hydrogen) atoms. The predicted octanol–water partition coefficient (Wildman–Crippen LogP) is 1.47. The van der Waals surface area contributed by atoms with Gasteiger partial charge >= 0.3 is 0 Å². The fourth-order valence-electron chi connectivity index (χ4n) is 1.30. The highest BCUT2D eigenvalue weighted by atomic mass is 35.5. The third-order valence-corrected chi connectivity index (χ3v) is 4.95. The Labute approximate surface area is 109 Å². The van der Waals surface area contributed by atoms with E-state index >= 15 is 0 Å². The Balaban J connectivity index is 3.18. The van der Waals surface area contributed by atoms with E-state index in [1.807, 2.05) is 0 Å². The van der Waals surface area contributed by atoms with E-state index in [0.717, 1.165) is 6.26 Å². The maximum absolute atomic E-state index is 11.5. The van der Waals surface area contributed by atoms with Crippen LogP contribution in [0.1, 0.15) is 5.56 Å². The fourth-order valence-corrected chi connectivity index (χ4v) is 2.75. The number of halogens is 1. The molecule has 96 valence electrons. The van der Waals surface area contributed by atoms with Gasteiger partial charge in [0.05, 0.1) is 17.1 Å². The zero-order chi connectivity index (χ0) is 13.2. The molecule has 0 fully saturated rings. The van der Waals surface area contributed by atoms with E-state index < -0.39 is 20.8 Å². The van der Waals surface area contributed by atoms with Gasteiger partial charge in [-0.2, -0.15) is 0 Å². The lowest BCUT2D eigenvalue weighted by molar-refractivity contribution is 0.469. The van der Waals surface area contributed by atoms with Gasteiger partial charge in [-0.15, -0.1) is 0 Å². The highest BCUT2D eigenvalue weighted by Gasteiger charge is 2.17. The molecule has 0 radical (unpaired) electrons. The largest absolute Gasteiger partial charge is 0.255 e. The second-order valence-electron chi connectivity index (χ2n) is 3.69. The van der Waals surface area contributed by atoms with Crippen molar-refractivity contribution in [2.45, 2.75) is 11.4 Å². The number of nitrogens with zero attached hydrogens (tertiary/aromatic N) is 1. The second-order valence-corrected chi connectivity index (χ2v) is 7.53. The standard InChI is InChI=1S/C10H14ClNO3S2/c1-12(17(3,14)15)7-8-9(11)5-4-6-10(8)16(2)13/h4-6H,7H2,1-3H3. The Morgan fingerprint density at radius 1 is 1.41 bits per heavy atom. The molecule has 1 aromatic carbocycles. The zero-order valence-electron chi connectivity index (χ0n) is 9.81. The Bertz CT molecular complexity index is 542. The van der Waals surface area contributed by atoms with E-state index in [-0.39, 0.29) is 6.54 Å². The van der Waals surface area contributed by atoms with Crippen molar-refractivity contribution in [1.82, 2.24) is 4.31 Å². The number of benzene rings is 1. The van der Waals surface area contributed by atoms with Crippen molar-refractivity contribution in [2.24, 2.45) is 0 Å². The molecule has 0 heterocycles. The van der Waals surface area contributed by atoms with Crippen LogP contribution in [0, 0.1) is 0 Å². The Kier molecular flexibility index (Phi) is 4.71. The zero-order valence-corrected chi connectivity index (χ0v) is 12.2. The van der Waals surface area contributed by atoms with Gasteiger partial charge in [0.15, 0.2) is 0 Å². The number of hydrogen-bond donors (Lipinski definition) is 0. The molecule has 0 aromatic heterocycles. The van der Waals surface area contributed by atoms with Crippen LogP contribution in [0.15, 0.2) is 23.1 Å². The van der Waals surface area contributed by atoms with Crippen molar-refractivity contribution in [3.8, 4) is 0 Å². The topological polar surface area (TPSA) is 54.5 Å². The summed E-state index contributed by atoms with van der Waals surface area (Å²) >= 11 is 6.01. The second kappa shape index (κ2) is 5.48. The minimum absolute atomic E-state index is 0.118. The predicted molar refractivity (Wildman–Crippen MR) is 70.1 cm³/mol. The van der Waals surface area contributed by atoms with Crippen molar-refractivity contribution in [1.29, 1.82) is 0 Å². The molecule has 7 heteroatoms. The molecule has 4 nitrogen and oxygen atoms in total. The molecule has 1 aromatic rings. The Morgan fingerprint density at radius 3 is 2.47 bits per heavy atom. The first-order chi connectivity index (χ1) is 7.73. The third kappa shape index (κ3) is 3.77. The number of sulfonamides is 1. The average molecular weight is 296 g/mol. The van der Waals surface area contributed by atoms with E-state index in [9.17, 15) is 12.6 Å². The van der Waals surface area contributed by atoms with Crippen LogP contribution < -0.4 is 0 Å². The van der Waals surface area contributed by atoms with Gasteiger partial charge in [0, 0.05) is 35.3 Å². The summed E-state index contributed by atoms with van der Waals surface area (Å²) in [7, 11) is -3.03. The van der Waals surface area contributed by atoms with Gasteiger partial charge in [0.2, 0.25) is 10.0 Å². The number of hydrogen-bond acceptors (Lipinski definition) is 3. The van der Waals surface area contributed by atoms with Crippen molar-refractivity contribution in [3.05, 3.63) is 28.8 Å². The van der Waals surface area contributed by atoms with Gasteiger partial charge in [-0.3, -0.25) is 4.21 Å². The molecule has 0 saturated heterocycles. The summed E-state index contributed by atoms with van der Waals surface area (Å²) < 4.78 is 35.4. The molecule has 1 unspecified atom stereocenters. The average Bonchev–Trinajstić information content (AvgIpc) is 2.18. The first-order valence-corrected chi connectivity index (χ1v) is 8.54. The maximum atomic E-state index is 11.5. The van der Waals surface area contributed by atoms with Crippen LogP contribution in [-0.2, 0) is 27.4 Å². The molecule has 0 amide bonds. The highest BCUT2D eigenvalue weighted by molar-refractivity contribution is 7.88. The van der Waals surface area contributed by atoms with E-state index in [1.165, 1.54) is 17.6 Å². The highest BCUT2D eigenvalue weighted by Crippen LogP contribution is 2.24. The van der Waals surface area contributed by atoms with Crippen LogP contribution in [0.25, 0.3) is 0 Å². The first kappa shape index (κ1) is 14.6. The normalized spacial score (nSPS) is 13.9. The molecule has 1 rings (SSSR count). The lowest BCUT2D eigenvalue weighted by atomic mass is 10.2.